The molecule has 3 aromatic rings. The van der Waals surface area contributed by atoms with Gasteiger partial charge in [-0.2, -0.15) is 0 Å². The molecule has 88 heavy (non-hydrogen) atoms. The number of piperidine rings is 3. The van der Waals surface area contributed by atoms with Gasteiger partial charge in [-0.1, -0.05) is 0 Å². The van der Waals surface area contributed by atoms with Crippen molar-refractivity contribution in [1.82, 2.24) is 25.8 Å². The third-order valence-electron chi connectivity index (χ3n) is 18.9. The van der Waals surface area contributed by atoms with Crippen LogP contribution < -0.4 is 21.7 Å². The minimum atomic E-state index is -1.23. The summed E-state index contributed by atoms with van der Waals surface area (Å²) in [5.74, 6) is -8.81. The fourth-order valence-corrected chi connectivity index (χ4v) is 16.9. The van der Waals surface area contributed by atoms with Crippen LogP contribution in [0, 0.1) is 81.9 Å². The molecule has 3 unspecified atom stereocenters. The Balaban J connectivity index is 0.000000190. The van der Waals surface area contributed by atoms with Crippen molar-refractivity contribution in [3.8, 4) is 0 Å². The number of nitrogens with two attached hydrogens (primary N) is 1. The van der Waals surface area contributed by atoms with Crippen molar-refractivity contribution in [2.24, 2.45) is 35.3 Å². The van der Waals surface area contributed by atoms with Gasteiger partial charge in [-0.3, -0.25) is 27.6 Å². The lowest BCUT2D eigenvalue weighted by molar-refractivity contribution is -0.140. The van der Waals surface area contributed by atoms with Crippen LogP contribution >= 0.6 is 0 Å². The first-order valence-electron chi connectivity index (χ1n) is 31.0. The van der Waals surface area contributed by atoms with E-state index in [0.717, 1.165) is 69.6 Å². The van der Waals surface area contributed by atoms with E-state index < -0.39 is 96.8 Å². The summed E-state index contributed by atoms with van der Waals surface area (Å²) < 4.78 is 148. The van der Waals surface area contributed by atoms with E-state index in [1.807, 2.05) is 51.3 Å². The van der Waals surface area contributed by atoms with Crippen LogP contribution in [-0.2, 0) is 60.0 Å². The molecule has 6 bridgehead atoms. The highest BCUT2D eigenvalue weighted by Crippen LogP contribution is 2.45. The van der Waals surface area contributed by atoms with Crippen LogP contribution in [0.3, 0.4) is 0 Å². The Bertz CT molecular complexity index is 3020. The van der Waals surface area contributed by atoms with Gasteiger partial charge in [0.1, 0.15) is 29.5 Å². The maximum absolute atomic E-state index is 14.5. The number of hydrogen-bond acceptors (Lipinski definition) is 8. The van der Waals surface area contributed by atoms with Gasteiger partial charge < -0.3 is 31.5 Å². The fourth-order valence-electron chi connectivity index (χ4n) is 14.3. The Morgan fingerprint density at radius 1 is 0.489 bits per heavy atom. The molecular formula is C65H89F9N6O6S2. The monoisotopic (exact) mass is 1280 g/mol. The zero-order valence-electron chi connectivity index (χ0n) is 52.2. The van der Waals surface area contributed by atoms with E-state index in [1.165, 1.54) is 13.8 Å². The average molecular weight is 1290 g/mol. The van der Waals surface area contributed by atoms with E-state index in [2.05, 4.69) is 16.0 Å². The Morgan fingerprint density at radius 2 is 0.784 bits per heavy atom. The van der Waals surface area contributed by atoms with E-state index in [0.29, 0.717) is 79.8 Å². The quantitative estimate of drug-likeness (QED) is 0.0764. The molecule has 490 valence electrons. The highest BCUT2D eigenvalue weighted by molar-refractivity contribution is 7.86. The number of fused-ring (bicyclic) bond motifs is 6. The first-order valence-corrected chi connectivity index (χ1v) is 33.6. The van der Waals surface area contributed by atoms with Crippen LogP contribution in [0.25, 0.3) is 0 Å². The van der Waals surface area contributed by atoms with Crippen LogP contribution in [0.1, 0.15) is 163 Å². The first-order chi connectivity index (χ1) is 41.1. The second-order valence-electron chi connectivity index (χ2n) is 27.6. The SMILES string of the molecule is CC(=O)N[C@@H](C)C(=O)N1[C@@H]2CC[C@H]1CC([C@@H](Cc1cc(F)c(F)cc1F)C[S@@](=O)C(C)(C)C)C2.CC(=O)N[C@@H](C)C(=O)N1[C@@H]2CC[C@H]1CC([C@H](N)Cc1cc(F)c(F)cc1F)C2.CC(C)(C)[S@](=O)C[C@H](Cc1cc(F)c(F)cc1F)C1C[C@H]2CC[C@@H](C1)N2. The molecule has 6 saturated heterocycles. The summed E-state index contributed by atoms with van der Waals surface area (Å²) in [5, 5.41) is 8.88. The smallest absolute Gasteiger partial charge is 0.245 e. The third-order valence-corrected chi connectivity index (χ3v) is 23.1. The van der Waals surface area contributed by atoms with Crippen molar-refractivity contribution >= 4 is 45.2 Å². The summed E-state index contributed by atoms with van der Waals surface area (Å²) in [5.41, 5.74) is 6.63. The van der Waals surface area contributed by atoms with Gasteiger partial charge in [-0.15, -0.1) is 0 Å². The standard InChI is InChI=1S/C25H35F3N2O3S.C20H26F3N3O2.C20H28F3NOS/c1-14(29-15(2)31)24(32)30-19-6-7-20(30)10-16(9-19)18(13-34(33)25(3,4)5)8-17-11-22(27)23(28)12-21(17)26;1-10(25-11(2)27)20(28)26-14-3-4-15(26)6-13(5-14)19(24)8-12-7-17(22)18(23)9-16(12)21;1-20(2,3)26(25)11-14(12-7-15-4-5-16(8-12)24-15)6-13-9-18(22)19(23)10-17(13)21/h11-12,14,16,18-20H,6-10,13H2,1-5H3,(H,29,31);7,9-10,13-15,19H,3-6,8,24H2,1-2H3,(H,25,27);9-10,12,14-16,24H,4-8,11H2,1-3H3/t14-,16?,18-,19-,20+,34+;10-,13?,14-,15+,19+;12?,14-,15-,16+,26+/m000/s1. The lowest BCUT2D eigenvalue weighted by Crippen LogP contribution is -2.55. The van der Waals surface area contributed by atoms with E-state index in [4.69, 9.17) is 5.73 Å². The molecule has 16 atom stereocenters. The Labute approximate surface area is 517 Å². The van der Waals surface area contributed by atoms with Gasteiger partial charge in [0, 0.05) is 117 Å². The van der Waals surface area contributed by atoms with Crippen LogP contribution in [-0.4, -0.2) is 117 Å². The molecule has 23 heteroatoms. The molecule has 0 spiro atoms. The molecule has 6 aliphatic heterocycles. The number of carbonyl (C=O) groups excluding carboxylic acids is 4. The van der Waals surface area contributed by atoms with Gasteiger partial charge in [0.15, 0.2) is 34.9 Å². The summed E-state index contributed by atoms with van der Waals surface area (Å²) in [6.07, 6.45) is 11.0. The van der Waals surface area contributed by atoms with Crippen LogP contribution in [0.2, 0.25) is 0 Å². The maximum atomic E-state index is 14.5. The number of nitrogens with zero attached hydrogens (tertiary/aromatic N) is 2. The fraction of sp³-hybridized carbons (Fsp3) is 0.662. The van der Waals surface area contributed by atoms with E-state index in [9.17, 15) is 67.1 Å². The number of rotatable bonds is 17. The molecule has 0 radical (unpaired) electrons. The summed E-state index contributed by atoms with van der Waals surface area (Å²) in [6, 6.07) is 3.87. The number of halogens is 9. The summed E-state index contributed by atoms with van der Waals surface area (Å²) in [4.78, 5) is 52.1. The molecule has 3 aromatic carbocycles. The first kappa shape index (κ1) is 70.6. The molecule has 12 nitrogen and oxygen atoms in total. The minimum Gasteiger partial charge on any atom is -0.345 e. The van der Waals surface area contributed by atoms with Crippen LogP contribution in [0.15, 0.2) is 36.4 Å². The molecule has 0 saturated carbocycles. The third kappa shape index (κ3) is 18.0. The number of benzene rings is 3. The zero-order valence-corrected chi connectivity index (χ0v) is 53.8. The summed E-state index contributed by atoms with van der Waals surface area (Å²) in [6.45, 7) is 17.6. The van der Waals surface area contributed by atoms with Gasteiger partial charge in [0.25, 0.3) is 0 Å². The van der Waals surface area contributed by atoms with Crippen LogP contribution in [0.4, 0.5) is 39.5 Å². The summed E-state index contributed by atoms with van der Waals surface area (Å²) >= 11 is 0. The van der Waals surface area contributed by atoms with Crippen molar-refractivity contribution in [3.05, 3.63) is 105 Å². The predicted octanol–water partition coefficient (Wildman–Crippen LogP) is 10.7. The second-order valence-corrected chi connectivity index (χ2v) is 32.1. The second kappa shape index (κ2) is 29.6. The molecule has 9 rings (SSSR count). The lowest BCUT2D eigenvalue weighted by atomic mass is 9.78. The van der Waals surface area contributed by atoms with Crippen molar-refractivity contribution in [2.75, 3.05) is 11.5 Å². The lowest BCUT2D eigenvalue weighted by Gasteiger charge is -2.43. The molecule has 0 aliphatic carbocycles. The largest absolute Gasteiger partial charge is 0.345 e. The van der Waals surface area contributed by atoms with Crippen molar-refractivity contribution in [1.29, 1.82) is 0 Å². The highest BCUT2D eigenvalue weighted by Gasteiger charge is 2.48. The molecule has 5 N–H and O–H groups in total. The van der Waals surface area contributed by atoms with E-state index >= 15 is 0 Å². The molecular weight excluding hydrogens is 1200 g/mol. The molecule has 6 heterocycles. The Hall–Kier alpha value is -4.87. The topological polar surface area (TPSA) is 171 Å². The maximum Gasteiger partial charge on any atom is 0.245 e. The van der Waals surface area contributed by atoms with Crippen molar-refractivity contribution in [3.63, 3.8) is 0 Å². The minimum absolute atomic E-state index is 0.000352. The zero-order chi connectivity index (χ0) is 65.0. The molecule has 6 fully saturated rings. The highest BCUT2D eigenvalue weighted by atomic mass is 32.2. The molecule has 0 aromatic heterocycles. The molecule has 6 aliphatic rings. The van der Waals surface area contributed by atoms with Gasteiger partial charge in [0.05, 0.1) is 0 Å². The van der Waals surface area contributed by atoms with Gasteiger partial charge >= 0.3 is 0 Å². The normalized spacial score (nSPS) is 26.3. The van der Waals surface area contributed by atoms with Crippen molar-refractivity contribution in [2.45, 2.75) is 229 Å². The predicted molar refractivity (Wildman–Crippen MR) is 323 cm³/mol. The van der Waals surface area contributed by atoms with Crippen LogP contribution in [0.5, 0.6) is 0 Å². The van der Waals surface area contributed by atoms with Gasteiger partial charge in [-0.05, 0) is 216 Å². The number of amides is 4. The number of nitrogens with one attached hydrogen (secondary N) is 3. The summed E-state index contributed by atoms with van der Waals surface area (Å²) in [7, 11) is -2.28. The van der Waals surface area contributed by atoms with Gasteiger partial charge in [-0.25, -0.2) is 39.5 Å². The average Bonchev–Trinajstić information content (AvgIpc) is 2.03. The molecule has 4 amide bonds. The van der Waals surface area contributed by atoms with E-state index in [-0.39, 0.29) is 106 Å². The van der Waals surface area contributed by atoms with Crippen molar-refractivity contribution < 1.29 is 67.1 Å². The number of hydrogen-bond donors (Lipinski definition) is 4. The number of carbonyl (C=O) groups is 4. The Kier molecular flexibility index (Phi) is 23.7. The van der Waals surface area contributed by atoms with Gasteiger partial charge in [0.2, 0.25) is 23.6 Å². The van der Waals surface area contributed by atoms with E-state index in [1.54, 1.807) is 13.8 Å². The Morgan fingerprint density at radius 3 is 1.10 bits per heavy atom.